The van der Waals surface area contributed by atoms with Gasteiger partial charge in [0.15, 0.2) is 37.7 Å². The van der Waals surface area contributed by atoms with Crippen LogP contribution in [0.4, 0.5) is 0 Å². The van der Waals surface area contributed by atoms with Crippen LogP contribution in [-0.2, 0) is 61.7 Å². The number of carbonyl (C=O) groups excluding carboxylic acids is 2. The third kappa shape index (κ3) is 12.6. The standard InChI is InChI=1S/C40H68N2O29/c1-9-19(48)24(53)27(56)37(62-9)69-33-18(42-12(4)47)36(65-14(6-44)22(33)51)61-8-16-23(52)32(17(35(60)64-16)41-11(3)46)70-40-34(71-38-28(57)25(54)20(49)10(2)63-38)30(59)31(15(7-45)67-40)68-39-29(58)26(55)21(50)13(5-43)66-39/h9-10,13-40,43-45,48-60H,5-8H2,1-4H3,(H,41,46)(H,42,47)/t9-,10-,13+,14+,15+,16+,17+,18+,19+,20+,21-,22+,23-,24+,25+,26-,27-,28-,29+,30-,31-,32+,33+,34+,35-,36+,37-,38-,39+,40-/m0/s1. The minimum atomic E-state index is -2.16. The van der Waals surface area contributed by atoms with Crippen molar-refractivity contribution < 1.29 is 143 Å². The second-order valence-corrected chi connectivity index (χ2v) is 18.2. The van der Waals surface area contributed by atoms with Crippen LogP contribution < -0.4 is 10.6 Å². The molecule has 0 aliphatic carbocycles. The van der Waals surface area contributed by atoms with Crippen LogP contribution in [0, 0.1) is 0 Å². The van der Waals surface area contributed by atoms with Gasteiger partial charge in [0.25, 0.3) is 0 Å². The number of aliphatic hydroxyl groups is 16. The highest BCUT2D eigenvalue weighted by Gasteiger charge is 2.57. The predicted octanol–water partition coefficient (Wildman–Crippen LogP) is -11.8. The highest BCUT2D eigenvalue weighted by Crippen LogP contribution is 2.37. The van der Waals surface area contributed by atoms with Crippen molar-refractivity contribution >= 4 is 11.8 Å². The monoisotopic (exact) mass is 1040 g/mol. The summed E-state index contributed by atoms with van der Waals surface area (Å²) in [5.41, 5.74) is 0. The molecule has 412 valence electrons. The Balaban J connectivity index is 1.28. The molecule has 71 heavy (non-hydrogen) atoms. The maximum atomic E-state index is 12.5. The highest BCUT2D eigenvalue weighted by atomic mass is 16.8. The fourth-order valence-corrected chi connectivity index (χ4v) is 9.09. The van der Waals surface area contributed by atoms with Crippen LogP contribution in [0.5, 0.6) is 0 Å². The van der Waals surface area contributed by atoms with Gasteiger partial charge in [-0.2, -0.15) is 0 Å². The van der Waals surface area contributed by atoms with Crippen LogP contribution >= 0.6 is 0 Å². The van der Waals surface area contributed by atoms with Crippen molar-refractivity contribution in [3.05, 3.63) is 0 Å². The van der Waals surface area contributed by atoms with Gasteiger partial charge in [-0.25, -0.2) is 0 Å². The van der Waals surface area contributed by atoms with Crippen molar-refractivity contribution in [3.63, 3.8) is 0 Å². The Morgan fingerprint density at radius 1 is 0.394 bits per heavy atom. The number of hydrogen-bond acceptors (Lipinski definition) is 29. The summed E-state index contributed by atoms with van der Waals surface area (Å²) in [7, 11) is 0. The molecule has 18 N–H and O–H groups in total. The van der Waals surface area contributed by atoms with E-state index in [0.717, 1.165) is 13.8 Å². The molecule has 31 heteroatoms. The quantitative estimate of drug-likeness (QED) is 0.0682. The number of carbonyl (C=O) groups is 2. The minimum absolute atomic E-state index is 0.750. The van der Waals surface area contributed by atoms with E-state index in [-0.39, 0.29) is 0 Å². The number of hydrogen-bond donors (Lipinski definition) is 18. The molecular weight excluding hydrogens is 972 g/mol. The zero-order valence-electron chi connectivity index (χ0n) is 38.6. The molecule has 0 spiro atoms. The van der Waals surface area contributed by atoms with Gasteiger partial charge in [-0.15, -0.1) is 0 Å². The molecule has 6 fully saturated rings. The number of amides is 2. The molecule has 0 bridgehead atoms. The Morgan fingerprint density at radius 3 is 1.31 bits per heavy atom. The van der Waals surface area contributed by atoms with Gasteiger partial charge in [0.05, 0.1) is 38.6 Å². The first-order chi connectivity index (χ1) is 33.4. The van der Waals surface area contributed by atoms with Crippen LogP contribution in [0.3, 0.4) is 0 Å². The molecule has 0 aromatic carbocycles. The van der Waals surface area contributed by atoms with Crippen LogP contribution in [-0.4, -0.2) is 304 Å². The summed E-state index contributed by atoms with van der Waals surface area (Å²) in [5.74, 6) is -1.57. The van der Waals surface area contributed by atoms with Crippen molar-refractivity contribution in [1.82, 2.24) is 10.6 Å². The minimum Gasteiger partial charge on any atom is -0.394 e. The second kappa shape index (κ2) is 24.7. The molecule has 6 rings (SSSR count). The van der Waals surface area contributed by atoms with Gasteiger partial charge < -0.3 is 144 Å². The normalized spacial score (nSPS) is 50.8. The zero-order valence-corrected chi connectivity index (χ0v) is 38.6. The Bertz CT molecular complexity index is 1710. The lowest BCUT2D eigenvalue weighted by atomic mass is 9.94. The first-order valence-electron chi connectivity index (χ1n) is 22.8. The predicted molar refractivity (Wildman–Crippen MR) is 220 cm³/mol. The third-order valence-electron chi connectivity index (χ3n) is 13.1. The SMILES string of the molecule is CC(=O)N[C@@H]1[C@@H](O[C@@H]2O[C@H](CO)[C@H](O[C@H]3O[C@H](CO)[C@H](O)[C@H](O)[C@H]3O)[C@H](O)[C@H]2O[C@@H]2O[C@@H](C)[C@@H](O)[C@@H](O)[C@@H]2O)[C@@H](O)[C@@H](CO[C@@H]2O[C@H](CO)[C@@H](O)[C@H](O[C@@H]3O[C@@H](C)[C@@H](O)[C@@H](O)[C@@H]3O)[C@H]2NC(C)=O)O[C@@H]1O. The fourth-order valence-electron chi connectivity index (χ4n) is 9.09. The number of nitrogens with one attached hydrogen (secondary N) is 2. The summed E-state index contributed by atoms with van der Waals surface area (Å²) in [6.45, 7) is 1.10. The average molecular weight is 1040 g/mol. The van der Waals surface area contributed by atoms with E-state index in [2.05, 4.69) is 10.6 Å². The Morgan fingerprint density at radius 2 is 0.789 bits per heavy atom. The molecule has 6 saturated heterocycles. The van der Waals surface area contributed by atoms with E-state index >= 15 is 0 Å². The summed E-state index contributed by atoms with van der Waals surface area (Å²) >= 11 is 0. The van der Waals surface area contributed by atoms with Crippen molar-refractivity contribution in [1.29, 1.82) is 0 Å². The van der Waals surface area contributed by atoms with Gasteiger partial charge in [0, 0.05) is 13.8 Å². The largest absolute Gasteiger partial charge is 0.394 e. The van der Waals surface area contributed by atoms with Gasteiger partial charge >= 0.3 is 0 Å². The molecule has 0 unspecified atom stereocenters. The Kier molecular flexibility index (Phi) is 20.2. The van der Waals surface area contributed by atoms with E-state index in [9.17, 15) is 91.3 Å². The maximum absolute atomic E-state index is 12.5. The van der Waals surface area contributed by atoms with Crippen LogP contribution in [0.1, 0.15) is 27.7 Å². The molecule has 6 aliphatic rings. The van der Waals surface area contributed by atoms with E-state index in [1.165, 1.54) is 13.8 Å². The molecule has 2 amide bonds. The van der Waals surface area contributed by atoms with Crippen molar-refractivity contribution in [2.45, 2.75) is 212 Å². The molecule has 0 saturated carbocycles. The molecule has 0 aromatic heterocycles. The molecular formula is C40H68N2O29. The molecule has 6 heterocycles. The van der Waals surface area contributed by atoms with E-state index in [0.29, 0.717) is 0 Å². The number of aliphatic hydroxyl groups excluding tert-OH is 16. The van der Waals surface area contributed by atoms with Gasteiger partial charge in [0.1, 0.15) is 134 Å². The Labute approximate surface area is 403 Å². The van der Waals surface area contributed by atoms with E-state index in [1.54, 1.807) is 0 Å². The second-order valence-electron chi connectivity index (χ2n) is 18.2. The molecule has 30 atom stereocenters. The van der Waals surface area contributed by atoms with Gasteiger partial charge in [-0.3, -0.25) is 9.59 Å². The summed E-state index contributed by atoms with van der Waals surface area (Å²) in [5, 5.41) is 176. The van der Waals surface area contributed by atoms with Gasteiger partial charge in [-0.05, 0) is 13.8 Å². The fraction of sp³-hybridized carbons (Fsp3) is 0.950. The third-order valence-corrected chi connectivity index (χ3v) is 13.1. The molecule has 0 radical (unpaired) electrons. The Hall–Kier alpha value is -2.14. The summed E-state index contributed by atoms with van der Waals surface area (Å²) in [6, 6.07) is -3.28. The summed E-state index contributed by atoms with van der Waals surface area (Å²) in [6.07, 6.45) is -50.5. The maximum Gasteiger partial charge on any atom is 0.217 e. The van der Waals surface area contributed by atoms with E-state index < -0.39 is 222 Å². The first-order valence-corrected chi connectivity index (χ1v) is 22.8. The van der Waals surface area contributed by atoms with Crippen LogP contribution in [0.2, 0.25) is 0 Å². The van der Waals surface area contributed by atoms with Crippen molar-refractivity contribution in [2.24, 2.45) is 0 Å². The lowest BCUT2D eigenvalue weighted by Gasteiger charge is -2.50. The highest BCUT2D eigenvalue weighted by molar-refractivity contribution is 5.73. The van der Waals surface area contributed by atoms with E-state index in [4.69, 9.17) is 52.1 Å². The van der Waals surface area contributed by atoms with Gasteiger partial charge in [-0.1, -0.05) is 0 Å². The average Bonchev–Trinajstić information content (AvgIpc) is 3.32. The van der Waals surface area contributed by atoms with Gasteiger partial charge in [0.2, 0.25) is 11.8 Å². The smallest absolute Gasteiger partial charge is 0.217 e. The lowest BCUT2D eigenvalue weighted by molar-refractivity contribution is -0.397. The zero-order chi connectivity index (χ0) is 52.5. The van der Waals surface area contributed by atoms with Crippen molar-refractivity contribution in [3.8, 4) is 0 Å². The summed E-state index contributed by atoms with van der Waals surface area (Å²) in [4.78, 5) is 25.0. The molecule has 6 aliphatic heterocycles. The first kappa shape index (κ1) is 58.1. The summed E-state index contributed by atoms with van der Waals surface area (Å²) < 4.78 is 63.6. The number of rotatable bonds is 16. The van der Waals surface area contributed by atoms with Crippen LogP contribution in [0.25, 0.3) is 0 Å². The topological polar surface area (TPSA) is 483 Å². The molecule has 0 aromatic rings. The molecule has 31 nitrogen and oxygen atoms in total. The van der Waals surface area contributed by atoms with E-state index in [1.807, 2.05) is 0 Å². The lowest BCUT2D eigenvalue weighted by Crippen LogP contribution is -2.70. The van der Waals surface area contributed by atoms with Crippen LogP contribution in [0.15, 0.2) is 0 Å². The van der Waals surface area contributed by atoms with Crippen molar-refractivity contribution in [2.75, 3.05) is 26.4 Å². The number of ether oxygens (including phenoxy) is 11.